The highest BCUT2D eigenvalue weighted by atomic mass is 16.5. The largest absolute Gasteiger partial charge is 0.217 e. The second-order valence-electron chi connectivity index (χ2n) is 4.30. The third-order valence-corrected chi connectivity index (χ3v) is 3.00. The fourth-order valence-electron chi connectivity index (χ4n) is 1.85. The first-order chi connectivity index (χ1) is 5.66. The van der Waals surface area contributed by atoms with Crippen LogP contribution in [0.5, 0.6) is 0 Å². The molecule has 2 heteroatoms. The molecule has 0 unspecified atom stereocenters. The van der Waals surface area contributed by atoms with Crippen LogP contribution in [-0.2, 0) is 0 Å². The summed E-state index contributed by atoms with van der Waals surface area (Å²) in [6.45, 7) is 7.37. The normalized spacial score (nSPS) is 36.8. The number of hydroxylamine groups is 3. The molecule has 1 N–H and O–H groups in total. The van der Waals surface area contributed by atoms with Crippen LogP contribution in [0.4, 0.5) is 0 Å². The number of likely N-dealkylation sites (tertiary alicyclic amines) is 1. The van der Waals surface area contributed by atoms with Crippen molar-refractivity contribution in [3.63, 3.8) is 0 Å². The average molecular weight is 172 g/mol. The van der Waals surface area contributed by atoms with Gasteiger partial charge < -0.3 is 0 Å². The van der Waals surface area contributed by atoms with Crippen LogP contribution in [0.15, 0.2) is 0 Å². The molecule has 1 heterocycles. The van der Waals surface area contributed by atoms with Crippen molar-refractivity contribution in [2.45, 2.75) is 39.5 Å². The van der Waals surface area contributed by atoms with Crippen molar-refractivity contribution in [1.29, 1.82) is 0 Å². The number of hydrogen-bond acceptors (Lipinski definition) is 1. The van der Waals surface area contributed by atoms with E-state index in [9.17, 15) is 5.21 Å². The van der Waals surface area contributed by atoms with Gasteiger partial charge in [-0.2, -0.15) is 4.65 Å². The molecule has 0 aromatic rings. The van der Waals surface area contributed by atoms with Crippen LogP contribution in [0.25, 0.3) is 0 Å². The summed E-state index contributed by atoms with van der Waals surface area (Å²) in [5.41, 5.74) is 0. The highest BCUT2D eigenvalue weighted by Crippen LogP contribution is 2.21. The maximum atomic E-state index is 10.1. The van der Waals surface area contributed by atoms with Gasteiger partial charge in [-0.1, -0.05) is 20.3 Å². The van der Waals surface area contributed by atoms with Gasteiger partial charge in [0.2, 0.25) is 0 Å². The Labute approximate surface area is 75.7 Å². The van der Waals surface area contributed by atoms with Gasteiger partial charge in [0.15, 0.2) is 0 Å². The van der Waals surface area contributed by atoms with Crippen LogP contribution in [0.1, 0.15) is 39.5 Å². The Morgan fingerprint density at radius 3 is 2.42 bits per heavy atom. The van der Waals surface area contributed by atoms with Gasteiger partial charge in [0.1, 0.15) is 19.6 Å². The molecule has 0 aromatic carbocycles. The SMILES string of the molecule is CCCC[N+]1(O)CCC(C)CC1. The number of piperidine rings is 1. The van der Waals surface area contributed by atoms with Crippen molar-refractivity contribution in [2.24, 2.45) is 5.92 Å². The Morgan fingerprint density at radius 2 is 1.92 bits per heavy atom. The maximum absolute atomic E-state index is 10.1. The Morgan fingerprint density at radius 1 is 1.33 bits per heavy atom. The summed E-state index contributed by atoms with van der Waals surface area (Å²) >= 11 is 0. The zero-order valence-electron chi connectivity index (χ0n) is 8.42. The molecular weight excluding hydrogens is 150 g/mol. The summed E-state index contributed by atoms with van der Waals surface area (Å²) < 4.78 is 0.345. The Hall–Kier alpha value is -0.0800. The fourth-order valence-corrected chi connectivity index (χ4v) is 1.85. The summed E-state index contributed by atoms with van der Waals surface area (Å²) in [7, 11) is 0. The third kappa shape index (κ3) is 2.76. The molecule has 1 saturated heterocycles. The number of quaternary nitrogens is 1. The predicted octanol–water partition coefficient (Wildman–Crippen LogP) is 2.42. The van der Waals surface area contributed by atoms with Crippen LogP contribution < -0.4 is 0 Å². The van der Waals surface area contributed by atoms with Crippen molar-refractivity contribution in [3.8, 4) is 0 Å². The van der Waals surface area contributed by atoms with Gasteiger partial charge in [0, 0.05) is 12.8 Å². The standard InChI is InChI=1S/C10H22NO/c1-3-4-7-11(12)8-5-10(2)6-9-11/h10,12H,3-9H2,1-2H3/q+1. The van der Waals surface area contributed by atoms with Crippen molar-refractivity contribution in [2.75, 3.05) is 19.6 Å². The molecule has 1 aliphatic rings. The maximum Gasteiger partial charge on any atom is 0.109 e. The summed E-state index contributed by atoms with van der Waals surface area (Å²) in [4.78, 5) is 0. The van der Waals surface area contributed by atoms with Crippen molar-refractivity contribution < 1.29 is 9.85 Å². The minimum Gasteiger partial charge on any atom is -0.217 e. The van der Waals surface area contributed by atoms with Gasteiger partial charge in [0.25, 0.3) is 0 Å². The molecule has 1 aliphatic heterocycles. The van der Waals surface area contributed by atoms with Crippen molar-refractivity contribution in [1.82, 2.24) is 0 Å². The van der Waals surface area contributed by atoms with E-state index in [-0.39, 0.29) is 0 Å². The lowest BCUT2D eigenvalue weighted by Crippen LogP contribution is -2.50. The number of nitrogens with zero attached hydrogens (tertiary/aromatic N) is 1. The van der Waals surface area contributed by atoms with Gasteiger partial charge in [-0.25, -0.2) is 5.21 Å². The van der Waals surface area contributed by atoms with Gasteiger partial charge >= 0.3 is 0 Å². The molecule has 0 amide bonds. The minimum absolute atomic E-state index is 0.345. The Balaban J connectivity index is 2.29. The minimum atomic E-state index is 0.345. The van der Waals surface area contributed by atoms with Crippen LogP contribution in [0, 0.1) is 5.92 Å². The average Bonchev–Trinajstić information content (AvgIpc) is 2.08. The topological polar surface area (TPSA) is 20.2 Å². The molecule has 2 nitrogen and oxygen atoms in total. The van der Waals surface area contributed by atoms with Crippen LogP contribution in [0.3, 0.4) is 0 Å². The van der Waals surface area contributed by atoms with Crippen molar-refractivity contribution in [3.05, 3.63) is 0 Å². The van der Waals surface area contributed by atoms with E-state index in [1.165, 1.54) is 19.3 Å². The first kappa shape index (κ1) is 10.0. The molecule has 12 heavy (non-hydrogen) atoms. The summed E-state index contributed by atoms with van der Waals surface area (Å²) in [6, 6.07) is 0. The first-order valence-electron chi connectivity index (χ1n) is 5.25. The fraction of sp³-hybridized carbons (Fsp3) is 1.00. The monoisotopic (exact) mass is 172 g/mol. The van der Waals surface area contributed by atoms with Gasteiger partial charge in [-0.05, 0) is 12.3 Å². The summed E-state index contributed by atoms with van der Waals surface area (Å²) in [5, 5.41) is 10.1. The van der Waals surface area contributed by atoms with E-state index < -0.39 is 0 Å². The van der Waals surface area contributed by atoms with Crippen LogP contribution in [0.2, 0.25) is 0 Å². The predicted molar refractivity (Wildman–Crippen MR) is 50.0 cm³/mol. The van der Waals surface area contributed by atoms with E-state index in [0.717, 1.165) is 32.0 Å². The van der Waals surface area contributed by atoms with Gasteiger partial charge in [0.05, 0.1) is 0 Å². The smallest absolute Gasteiger partial charge is 0.109 e. The quantitative estimate of drug-likeness (QED) is 0.648. The van der Waals surface area contributed by atoms with Crippen molar-refractivity contribution >= 4 is 0 Å². The van der Waals surface area contributed by atoms with E-state index >= 15 is 0 Å². The molecule has 0 radical (unpaired) electrons. The molecule has 0 bridgehead atoms. The molecule has 0 aromatic heterocycles. The van der Waals surface area contributed by atoms with Gasteiger partial charge in [-0.15, -0.1) is 0 Å². The lowest BCUT2D eigenvalue weighted by atomic mass is 9.98. The molecular formula is C10H22NO+. The molecule has 0 atom stereocenters. The first-order valence-corrected chi connectivity index (χ1v) is 5.25. The second kappa shape index (κ2) is 4.24. The molecule has 0 saturated carbocycles. The van der Waals surface area contributed by atoms with E-state index in [1.807, 2.05) is 0 Å². The zero-order chi connectivity index (χ0) is 9.03. The van der Waals surface area contributed by atoms with E-state index in [1.54, 1.807) is 0 Å². The highest BCUT2D eigenvalue weighted by Gasteiger charge is 2.30. The molecule has 1 rings (SSSR count). The number of rotatable bonds is 3. The molecule has 1 fully saturated rings. The van der Waals surface area contributed by atoms with Crippen LogP contribution in [-0.4, -0.2) is 29.5 Å². The van der Waals surface area contributed by atoms with Crippen LogP contribution >= 0.6 is 0 Å². The third-order valence-electron chi connectivity index (χ3n) is 3.00. The zero-order valence-corrected chi connectivity index (χ0v) is 8.42. The Kier molecular flexibility index (Phi) is 3.53. The summed E-state index contributed by atoms with van der Waals surface area (Å²) in [6.07, 6.45) is 4.74. The highest BCUT2D eigenvalue weighted by molar-refractivity contribution is 4.57. The number of unbranched alkanes of at least 4 members (excludes halogenated alkanes) is 1. The molecule has 0 aliphatic carbocycles. The summed E-state index contributed by atoms with van der Waals surface area (Å²) in [5.74, 6) is 0.824. The number of hydrogen-bond donors (Lipinski definition) is 1. The van der Waals surface area contributed by atoms with Gasteiger partial charge in [-0.3, -0.25) is 0 Å². The van der Waals surface area contributed by atoms with E-state index in [2.05, 4.69) is 13.8 Å². The lowest BCUT2D eigenvalue weighted by Gasteiger charge is -2.35. The molecule has 0 spiro atoms. The van der Waals surface area contributed by atoms with E-state index in [4.69, 9.17) is 0 Å². The Bertz CT molecular complexity index is 122. The lowest BCUT2D eigenvalue weighted by molar-refractivity contribution is -1.11. The van der Waals surface area contributed by atoms with E-state index in [0.29, 0.717) is 4.65 Å². The second-order valence-corrected chi connectivity index (χ2v) is 4.30. The molecule has 72 valence electrons.